The van der Waals surface area contributed by atoms with Crippen LogP contribution in [0.3, 0.4) is 0 Å². The second kappa shape index (κ2) is 6.10. The monoisotopic (exact) mass is 297 g/mol. The summed E-state index contributed by atoms with van der Waals surface area (Å²) in [5.74, 6) is 2.02. The van der Waals surface area contributed by atoms with Crippen molar-refractivity contribution in [3.63, 3.8) is 0 Å². The molecule has 3 rings (SSSR count). The highest BCUT2D eigenvalue weighted by molar-refractivity contribution is 6.16. The van der Waals surface area contributed by atoms with Crippen molar-refractivity contribution in [1.82, 2.24) is 14.8 Å². The molecule has 4 heteroatoms. The normalized spacial score (nSPS) is 10.8. The summed E-state index contributed by atoms with van der Waals surface area (Å²) in [4.78, 5) is 0. The Balaban J connectivity index is 2.02. The van der Waals surface area contributed by atoms with Crippen molar-refractivity contribution in [3.8, 4) is 5.69 Å². The maximum absolute atomic E-state index is 6.01. The van der Waals surface area contributed by atoms with Gasteiger partial charge in [0.05, 0.1) is 5.88 Å². The van der Waals surface area contributed by atoms with Gasteiger partial charge in [-0.1, -0.05) is 48.0 Å². The highest BCUT2D eigenvalue weighted by Gasteiger charge is 2.13. The number of hydrogen-bond acceptors (Lipinski definition) is 2. The molecule has 0 unspecified atom stereocenters. The summed E-state index contributed by atoms with van der Waals surface area (Å²) in [6.45, 7) is 2.07. The summed E-state index contributed by atoms with van der Waals surface area (Å²) >= 11 is 6.01. The van der Waals surface area contributed by atoms with Gasteiger partial charge in [0.1, 0.15) is 5.82 Å². The fourth-order valence-corrected chi connectivity index (χ4v) is 2.50. The SMILES string of the molecule is Cc1ccc(-n2c(CCl)nnc2Cc2ccccc2)cc1. The van der Waals surface area contributed by atoms with Gasteiger partial charge in [-0.2, -0.15) is 0 Å². The Kier molecular flexibility index (Phi) is 4.02. The van der Waals surface area contributed by atoms with Crippen LogP contribution < -0.4 is 0 Å². The molecule has 2 aromatic carbocycles. The van der Waals surface area contributed by atoms with Crippen molar-refractivity contribution < 1.29 is 0 Å². The van der Waals surface area contributed by atoms with Crippen LogP contribution in [0, 0.1) is 6.92 Å². The molecule has 0 atom stereocenters. The molecular weight excluding hydrogens is 282 g/mol. The van der Waals surface area contributed by atoms with Gasteiger partial charge in [-0.15, -0.1) is 21.8 Å². The predicted octanol–water partition coefficient (Wildman–Crippen LogP) is 3.91. The largest absolute Gasteiger partial charge is 0.282 e. The lowest BCUT2D eigenvalue weighted by atomic mass is 10.1. The molecule has 0 N–H and O–H groups in total. The van der Waals surface area contributed by atoms with E-state index >= 15 is 0 Å². The lowest BCUT2D eigenvalue weighted by molar-refractivity contribution is 0.885. The molecule has 1 heterocycles. The Morgan fingerprint density at radius 1 is 0.905 bits per heavy atom. The molecule has 3 nitrogen and oxygen atoms in total. The summed E-state index contributed by atoms with van der Waals surface area (Å²) in [7, 11) is 0. The van der Waals surface area contributed by atoms with Gasteiger partial charge in [0.25, 0.3) is 0 Å². The first-order valence-electron chi connectivity index (χ1n) is 6.88. The van der Waals surface area contributed by atoms with Gasteiger partial charge in [0.15, 0.2) is 5.82 Å². The van der Waals surface area contributed by atoms with Crippen LogP contribution in [-0.4, -0.2) is 14.8 Å². The Bertz CT molecular complexity index is 718. The van der Waals surface area contributed by atoms with Crippen LogP contribution in [0.2, 0.25) is 0 Å². The van der Waals surface area contributed by atoms with Crippen molar-refractivity contribution in [2.45, 2.75) is 19.2 Å². The Morgan fingerprint density at radius 2 is 1.57 bits per heavy atom. The zero-order valence-electron chi connectivity index (χ0n) is 11.8. The van der Waals surface area contributed by atoms with Crippen LogP contribution in [0.15, 0.2) is 54.6 Å². The Labute approximate surface area is 129 Å². The van der Waals surface area contributed by atoms with Crippen molar-refractivity contribution in [1.29, 1.82) is 0 Å². The maximum atomic E-state index is 6.01. The lowest BCUT2D eigenvalue weighted by Crippen LogP contribution is -2.05. The first kappa shape index (κ1) is 13.8. The van der Waals surface area contributed by atoms with Crippen LogP contribution >= 0.6 is 11.6 Å². The number of halogens is 1. The van der Waals surface area contributed by atoms with E-state index in [9.17, 15) is 0 Å². The smallest absolute Gasteiger partial charge is 0.152 e. The summed E-state index contributed by atoms with van der Waals surface area (Å²) < 4.78 is 2.04. The molecule has 1 aromatic heterocycles. The van der Waals surface area contributed by atoms with E-state index in [1.165, 1.54) is 11.1 Å². The zero-order valence-corrected chi connectivity index (χ0v) is 12.6. The molecule has 21 heavy (non-hydrogen) atoms. The number of benzene rings is 2. The van der Waals surface area contributed by atoms with E-state index in [2.05, 4.69) is 53.5 Å². The number of aromatic nitrogens is 3. The third kappa shape index (κ3) is 2.98. The fourth-order valence-electron chi connectivity index (χ4n) is 2.33. The van der Waals surface area contributed by atoms with Crippen molar-refractivity contribution in [2.75, 3.05) is 0 Å². The standard InChI is InChI=1S/C17H16ClN3/c1-13-7-9-15(10-8-13)21-16(19-20-17(21)12-18)11-14-5-3-2-4-6-14/h2-10H,11-12H2,1H3. The first-order chi connectivity index (χ1) is 10.3. The number of nitrogens with zero attached hydrogens (tertiary/aromatic N) is 3. The van der Waals surface area contributed by atoms with Crippen LogP contribution in [-0.2, 0) is 12.3 Å². The van der Waals surface area contributed by atoms with Crippen LogP contribution in [0.1, 0.15) is 22.8 Å². The summed E-state index contributed by atoms with van der Waals surface area (Å²) in [5, 5.41) is 8.52. The third-order valence-corrected chi connectivity index (χ3v) is 3.65. The van der Waals surface area contributed by atoms with E-state index in [4.69, 9.17) is 11.6 Å². The first-order valence-corrected chi connectivity index (χ1v) is 7.41. The molecule has 106 valence electrons. The highest BCUT2D eigenvalue weighted by atomic mass is 35.5. The average molecular weight is 298 g/mol. The van der Waals surface area contributed by atoms with Gasteiger partial charge >= 0.3 is 0 Å². The zero-order chi connectivity index (χ0) is 14.7. The van der Waals surface area contributed by atoms with Crippen LogP contribution in [0.5, 0.6) is 0 Å². The molecular formula is C17H16ClN3. The van der Waals surface area contributed by atoms with E-state index in [0.29, 0.717) is 5.88 Å². The molecule has 0 saturated heterocycles. The minimum Gasteiger partial charge on any atom is -0.282 e. The van der Waals surface area contributed by atoms with Crippen LogP contribution in [0.4, 0.5) is 0 Å². The van der Waals surface area contributed by atoms with Gasteiger partial charge in [0.2, 0.25) is 0 Å². The van der Waals surface area contributed by atoms with Crippen LogP contribution in [0.25, 0.3) is 5.69 Å². The molecule has 0 amide bonds. The van der Waals surface area contributed by atoms with Gasteiger partial charge in [0, 0.05) is 12.1 Å². The molecule has 0 bridgehead atoms. The summed E-state index contributed by atoms with van der Waals surface area (Å²) in [6, 6.07) is 18.6. The topological polar surface area (TPSA) is 30.7 Å². The molecule has 0 spiro atoms. The van der Waals surface area contributed by atoms with Crippen molar-refractivity contribution >= 4 is 11.6 Å². The lowest BCUT2D eigenvalue weighted by Gasteiger charge is -2.10. The maximum Gasteiger partial charge on any atom is 0.152 e. The number of aryl methyl sites for hydroxylation is 1. The van der Waals surface area contributed by atoms with Gasteiger partial charge in [-0.05, 0) is 24.6 Å². The van der Waals surface area contributed by atoms with E-state index < -0.39 is 0 Å². The second-order valence-corrected chi connectivity index (χ2v) is 5.27. The molecule has 3 aromatic rings. The number of alkyl halides is 1. The molecule has 0 radical (unpaired) electrons. The molecule has 0 saturated carbocycles. The Hall–Kier alpha value is -2.13. The van der Waals surface area contributed by atoms with E-state index in [1.807, 2.05) is 22.8 Å². The molecule has 0 fully saturated rings. The van der Waals surface area contributed by atoms with Crippen molar-refractivity contribution in [3.05, 3.63) is 77.4 Å². The molecule has 0 aliphatic heterocycles. The van der Waals surface area contributed by atoms with E-state index in [0.717, 1.165) is 23.8 Å². The minimum absolute atomic E-state index is 0.343. The quantitative estimate of drug-likeness (QED) is 0.684. The average Bonchev–Trinajstić information content (AvgIpc) is 2.92. The van der Waals surface area contributed by atoms with Gasteiger partial charge in [-0.3, -0.25) is 4.57 Å². The number of rotatable bonds is 4. The van der Waals surface area contributed by atoms with E-state index in [-0.39, 0.29) is 0 Å². The minimum atomic E-state index is 0.343. The fraction of sp³-hybridized carbons (Fsp3) is 0.176. The van der Waals surface area contributed by atoms with Gasteiger partial charge < -0.3 is 0 Å². The third-order valence-electron chi connectivity index (χ3n) is 3.41. The number of hydrogen-bond donors (Lipinski definition) is 0. The second-order valence-electron chi connectivity index (χ2n) is 5.00. The Morgan fingerprint density at radius 3 is 2.24 bits per heavy atom. The van der Waals surface area contributed by atoms with Gasteiger partial charge in [-0.25, -0.2) is 0 Å². The summed E-state index contributed by atoms with van der Waals surface area (Å²) in [5.41, 5.74) is 3.48. The molecule has 0 aliphatic rings. The highest BCUT2D eigenvalue weighted by Crippen LogP contribution is 2.18. The molecule has 0 aliphatic carbocycles. The van der Waals surface area contributed by atoms with Crippen molar-refractivity contribution in [2.24, 2.45) is 0 Å². The van der Waals surface area contributed by atoms with E-state index in [1.54, 1.807) is 0 Å². The predicted molar refractivity (Wildman–Crippen MR) is 84.9 cm³/mol. The summed E-state index contributed by atoms with van der Waals surface area (Å²) in [6.07, 6.45) is 0.735.